The molecule has 0 saturated carbocycles. The van der Waals surface area contributed by atoms with Crippen molar-refractivity contribution in [2.24, 2.45) is 5.92 Å². The number of likely N-dealkylation sites (tertiary alicyclic amines) is 1. The van der Waals surface area contributed by atoms with Crippen molar-refractivity contribution in [1.29, 1.82) is 0 Å². The number of carbonyl (C=O) groups is 2. The molecule has 3 heterocycles. The molecule has 35 heavy (non-hydrogen) atoms. The molecule has 0 aliphatic carbocycles. The van der Waals surface area contributed by atoms with Gasteiger partial charge in [-0.05, 0) is 86.8 Å². The summed E-state index contributed by atoms with van der Waals surface area (Å²) in [6, 6.07) is 11.7. The third-order valence-corrected chi connectivity index (χ3v) is 7.43. The fourth-order valence-corrected chi connectivity index (χ4v) is 5.52. The highest BCUT2D eigenvalue weighted by Crippen LogP contribution is 2.35. The zero-order valence-corrected chi connectivity index (χ0v) is 20.6. The number of carboxylic acids is 1. The van der Waals surface area contributed by atoms with E-state index in [1.165, 1.54) is 56.4 Å². The Bertz CT molecular complexity index is 1050. The van der Waals surface area contributed by atoms with Gasteiger partial charge in [-0.2, -0.15) is 0 Å². The molecule has 2 aromatic rings. The van der Waals surface area contributed by atoms with Crippen LogP contribution in [0.5, 0.6) is 0 Å². The van der Waals surface area contributed by atoms with Crippen molar-refractivity contribution >= 4 is 23.4 Å². The van der Waals surface area contributed by atoms with Crippen LogP contribution >= 0.6 is 0 Å². The summed E-state index contributed by atoms with van der Waals surface area (Å²) < 4.78 is 0. The molecule has 0 radical (unpaired) electrons. The quantitative estimate of drug-likeness (QED) is 0.532. The summed E-state index contributed by atoms with van der Waals surface area (Å²) in [6.07, 6.45) is 7.02. The first-order valence-electron chi connectivity index (χ1n) is 12.9. The van der Waals surface area contributed by atoms with Crippen LogP contribution in [0.25, 0.3) is 0 Å². The molecule has 0 atom stereocenters. The number of piperidine rings is 1. The van der Waals surface area contributed by atoms with Crippen LogP contribution in [-0.2, 0) is 19.3 Å². The van der Waals surface area contributed by atoms with Crippen LogP contribution in [0.15, 0.2) is 36.4 Å². The van der Waals surface area contributed by atoms with E-state index in [1.54, 1.807) is 17.0 Å². The van der Waals surface area contributed by atoms with E-state index in [0.29, 0.717) is 18.0 Å². The van der Waals surface area contributed by atoms with Gasteiger partial charge in [0.05, 0.1) is 16.9 Å². The van der Waals surface area contributed by atoms with E-state index in [9.17, 15) is 14.7 Å². The third-order valence-electron chi connectivity index (χ3n) is 7.43. The first-order valence-corrected chi connectivity index (χ1v) is 12.9. The number of amides is 1. The lowest BCUT2D eigenvalue weighted by Gasteiger charge is -2.32. The smallest absolute Gasteiger partial charge is 0.411 e. The van der Waals surface area contributed by atoms with Crippen molar-refractivity contribution in [1.82, 2.24) is 4.90 Å². The van der Waals surface area contributed by atoms with Gasteiger partial charge in [-0.15, -0.1) is 0 Å². The normalized spacial score (nSPS) is 17.2. The number of fused-ring (bicyclic) bond motifs is 2. The first-order chi connectivity index (χ1) is 17.0. The number of nitrogens with zero attached hydrogens (tertiary/aromatic N) is 2. The zero-order valence-electron chi connectivity index (χ0n) is 20.6. The lowest BCUT2D eigenvalue weighted by Crippen LogP contribution is -2.35. The van der Waals surface area contributed by atoms with Crippen LogP contribution in [-0.4, -0.2) is 59.9 Å². The second kappa shape index (κ2) is 11.6. The van der Waals surface area contributed by atoms with Crippen LogP contribution in [0.4, 0.5) is 16.2 Å². The summed E-state index contributed by atoms with van der Waals surface area (Å²) in [5.41, 5.74) is 5.69. The summed E-state index contributed by atoms with van der Waals surface area (Å²) in [7, 11) is 0. The van der Waals surface area contributed by atoms with E-state index >= 15 is 0 Å². The van der Waals surface area contributed by atoms with Crippen LogP contribution in [0.3, 0.4) is 0 Å². The highest BCUT2D eigenvalue weighted by molar-refractivity contribution is 5.95. The Morgan fingerprint density at radius 2 is 1.74 bits per heavy atom. The third kappa shape index (κ3) is 5.96. The van der Waals surface area contributed by atoms with Gasteiger partial charge < -0.3 is 20.4 Å². The molecule has 0 unspecified atom stereocenters. The molecule has 7 heteroatoms. The summed E-state index contributed by atoms with van der Waals surface area (Å²) >= 11 is 0. The molecule has 3 aliphatic heterocycles. The second-order valence-electron chi connectivity index (χ2n) is 9.77. The number of anilines is 2. The summed E-state index contributed by atoms with van der Waals surface area (Å²) in [5, 5.41) is 21.3. The fourth-order valence-electron chi connectivity index (χ4n) is 5.52. The highest BCUT2D eigenvalue weighted by Gasteiger charge is 2.28. The molecule has 0 bridgehead atoms. The van der Waals surface area contributed by atoms with E-state index < -0.39 is 12.1 Å². The van der Waals surface area contributed by atoms with E-state index in [-0.39, 0.29) is 0 Å². The number of benzene rings is 2. The van der Waals surface area contributed by atoms with Gasteiger partial charge in [-0.3, -0.25) is 4.90 Å². The van der Waals surface area contributed by atoms with Crippen LogP contribution in [0.2, 0.25) is 0 Å². The van der Waals surface area contributed by atoms with E-state index in [4.69, 9.17) is 5.11 Å². The Morgan fingerprint density at radius 1 is 1.00 bits per heavy atom. The Balaban J connectivity index is 0.000000201. The molecule has 0 spiro atoms. The van der Waals surface area contributed by atoms with Gasteiger partial charge >= 0.3 is 12.1 Å². The van der Waals surface area contributed by atoms with Crippen molar-refractivity contribution in [2.45, 2.75) is 51.9 Å². The van der Waals surface area contributed by atoms with Crippen molar-refractivity contribution in [2.75, 3.05) is 42.9 Å². The molecule has 7 nitrogen and oxygen atoms in total. The monoisotopic (exact) mass is 479 g/mol. The predicted molar refractivity (Wildman–Crippen MR) is 139 cm³/mol. The molecule has 188 valence electrons. The molecule has 1 saturated heterocycles. The number of nitrogens with one attached hydrogen (secondary N) is 1. The molecule has 3 N–H and O–H groups in total. The Morgan fingerprint density at radius 3 is 2.46 bits per heavy atom. The lowest BCUT2D eigenvalue weighted by atomic mass is 9.88. The summed E-state index contributed by atoms with van der Waals surface area (Å²) in [5.74, 6) is -0.170. The number of aromatic carboxylic acids is 1. The van der Waals surface area contributed by atoms with E-state index in [1.807, 2.05) is 6.07 Å². The zero-order chi connectivity index (χ0) is 24.8. The number of unbranched alkanes of at least 4 members (excludes halogenated alkanes) is 1. The minimum atomic E-state index is -0.860. The molecule has 3 aliphatic rings. The van der Waals surface area contributed by atoms with Crippen LogP contribution < -0.4 is 10.2 Å². The SMILES string of the molecule is CCCCN1CCC(Cc2cccc3c2N(C(=O)O)CC3)CC1.O=C(O)c1cccc2c1NCC2. The number of hydrogen-bond acceptors (Lipinski definition) is 4. The Labute approximate surface area is 207 Å². The van der Waals surface area contributed by atoms with Gasteiger partial charge in [0.15, 0.2) is 0 Å². The van der Waals surface area contributed by atoms with Gasteiger partial charge in [-0.25, -0.2) is 9.59 Å². The van der Waals surface area contributed by atoms with Gasteiger partial charge in [0.1, 0.15) is 0 Å². The van der Waals surface area contributed by atoms with Gasteiger partial charge in [0.25, 0.3) is 0 Å². The highest BCUT2D eigenvalue weighted by atomic mass is 16.4. The van der Waals surface area contributed by atoms with Crippen LogP contribution in [0.1, 0.15) is 59.7 Å². The molecule has 0 aromatic heterocycles. The minimum Gasteiger partial charge on any atom is -0.478 e. The average Bonchev–Trinajstić information content (AvgIpc) is 3.51. The number of rotatable bonds is 6. The van der Waals surface area contributed by atoms with Gasteiger partial charge in [-0.1, -0.05) is 43.7 Å². The number of hydrogen-bond donors (Lipinski definition) is 3. The Kier molecular flexibility index (Phi) is 8.29. The van der Waals surface area contributed by atoms with Gasteiger partial charge in [0, 0.05) is 13.1 Å². The van der Waals surface area contributed by atoms with Crippen molar-refractivity contribution in [3.05, 3.63) is 58.7 Å². The van der Waals surface area contributed by atoms with E-state index in [0.717, 1.165) is 42.7 Å². The topological polar surface area (TPSA) is 93.1 Å². The van der Waals surface area contributed by atoms with Crippen LogP contribution in [0, 0.1) is 5.92 Å². The molecule has 1 fully saturated rings. The molecule has 1 amide bonds. The van der Waals surface area contributed by atoms with Crippen molar-refractivity contribution in [3.8, 4) is 0 Å². The predicted octanol–water partition coefficient (Wildman–Crippen LogP) is 5.13. The average molecular weight is 480 g/mol. The second-order valence-corrected chi connectivity index (χ2v) is 9.77. The maximum Gasteiger partial charge on any atom is 0.411 e. The number of carboxylic acid groups (broad SMARTS) is 2. The lowest BCUT2D eigenvalue weighted by molar-refractivity contribution is 0.0698. The van der Waals surface area contributed by atoms with Crippen molar-refractivity contribution in [3.63, 3.8) is 0 Å². The van der Waals surface area contributed by atoms with Gasteiger partial charge in [0.2, 0.25) is 0 Å². The maximum atomic E-state index is 11.5. The first kappa shape index (κ1) is 25.0. The summed E-state index contributed by atoms with van der Waals surface area (Å²) in [4.78, 5) is 26.3. The number of para-hydroxylation sites is 2. The molecular weight excluding hydrogens is 442 g/mol. The van der Waals surface area contributed by atoms with E-state index in [2.05, 4.69) is 35.3 Å². The summed E-state index contributed by atoms with van der Waals surface area (Å²) in [6.45, 7) is 7.33. The maximum absolute atomic E-state index is 11.5. The molecular formula is C28H37N3O4. The minimum absolute atomic E-state index is 0.380. The molecule has 2 aromatic carbocycles. The fraction of sp³-hybridized carbons (Fsp3) is 0.500. The molecule has 5 rings (SSSR count). The largest absolute Gasteiger partial charge is 0.478 e. The Hall–Kier alpha value is -3.06. The van der Waals surface area contributed by atoms with Crippen molar-refractivity contribution < 1.29 is 19.8 Å². The standard InChI is InChI=1S/C19H28N2O2.C9H9NO2/c1-2-3-10-20-11-7-15(8-12-20)14-17-6-4-5-16-9-13-21(18(16)17)19(22)23;11-9(12)7-3-1-2-6-4-5-10-8(6)7/h4-6,15H,2-3,7-14H2,1H3,(H,22,23);1-3,10H,4-5H2,(H,11,12).